The van der Waals surface area contributed by atoms with E-state index in [0.717, 1.165) is 46.2 Å². The minimum atomic E-state index is -0.563. The summed E-state index contributed by atoms with van der Waals surface area (Å²) in [6.45, 7) is 0. The molecule has 4 heterocycles. The number of para-hydroxylation sites is 1. The fraction of sp³-hybridized carbons (Fsp3) is 0.0455. The maximum atomic E-state index is 6.07. The highest BCUT2D eigenvalue weighted by molar-refractivity contribution is 6.69. The van der Waals surface area contributed by atoms with Gasteiger partial charge < -0.3 is 9.47 Å². The number of ether oxygens (including phenoxy) is 2. The van der Waals surface area contributed by atoms with Crippen LogP contribution in [0.3, 0.4) is 0 Å². The van der Waals surface area contributed by atoms with E-state index in [-0.39, 0.29) is 0 Å². The number of aromatic nitrogens is 3. The average molecular weight is 381 g/mol. The van der Waals surface area contributed by atoms with Crippen LogP contribution in [0.25, 0.3) is 11.3 Å². The highest BCUT2D eigenvalue weighted by Gasteiger charge is 2.21. The monoisotopic (exact) mass is 381 g/mol. The summed E-state index contributed by atoms with van der Waals surface area (Å²) in [5.41, 5.74) is 4.02. The lowest BCUT2D eigenvalue weighted by molar-refractivity contribution is 0.439. The Morgan fingerprint density at radius 1 is 0.821 bits per heavy atom. The van der Waals surface area contributed by atoms with E-state index in [4.69, 9.17) is 14.5 Å². The molecule has 6 heteroatoms. The summed E-state index contributed by atoms with van der Waals surface area (Å²) >= 11 is 0. The highest BCUT2D eigenvalue weighted by Crippen LogP contribution is 2.37. The summed E-state index contributed by atoms with van der Waals surface area (Å²) in [4.78, 5) is 13.1. The second-order valence-corrected chi connectivity index (χ2v) is 8.88. The molecule has 0 saturated carbocycles. The van der Waals surface area contributed by atoms with Crippen molar-refractivity contribution in [1.82, 2.24) is 15.0 Å². The molecule has 6 rings (SSSR count). The molecule has 134 valence electrons. The van der Waals surface area contributed by atoms with Gasteiger partial charge in [-0.15, -0.1) is 0 Å². The van der Waals surface area contributed by atoms with Gasteiger partial charge >= 0.3 is 0 Å². The van der Waals surface area contributed by atoms with Crippen molar-refractivity contribution in [3.05, 3.63) is 78.2 Å². The molecule has 0 saturated heterocycles. The zero-order valence-electron chi connectivity index (χ0n) is 14.9. The van der Waals surface area contributed by atoms with Crippen LogP contribution in [0.2, 0.25) is 0 Å². The van der Waals surface area contributed by atoms with E-state index in [9.17, 15) is 0 Å². The minimum Gasteiger partial charge on any atom is -0.439 e. The Morgan fingerprint density at radius 2 is 1.75 bits per heavy atom. The van der Waals surface area contributed by atoms with Gasteiger partial charge in [0.2, 0.25) is 11.8 Å². The molecule has 0 fully saturated rings. The van der Waals surface area contributed by atoms with Crippen LogP contribution in [-0.4, -0.2) is 24.5 Å². The molecular weight excluding hydrogens is 366 g/mol. The molecule has 0 aliphatic carbocycles. The van der Waals surface area contributed by atoms with Crippen molar-refractivity contribution >= 4 is 19.9 Å². The molecule has 2 aromatic carbocycles. The predicted octanol–water partition coefficient (Wildman–Crippen LogP) is 2.46. The first-order valence-corrected chi connectivity index (χ1v) is 10.6. The molecule has 0 spiro atoms. The van der Waals surface area contributed by atoms with Gasteiger partial charge in [0.1, 0.15) is 17.8 Å². The van der Waals surface area contributed by atoms with Crippen molar-refractivity contribution in [2.75, 3.05) is 0 Å². The van der Waals surface area contributed by atoms with Gasteiger partial charge in [0, 0.05) is 23.7 Å². The number of fused-ring (bicyclic) bond motifs is 4. The quantitative estimate of drug-likeness (QED) is 0.410. The van der Waals surface area contributed by atoms with E-state index in [1.165, 1.54) is 16.7 Å². The summed E-state index contributed by atoms with van der Waals surface area (Å²) in [5.74, 6) is 3.13. The van der Waals surface area contributed by atoms with Crippen molar-refractivity contribution in [2.45, 2.75) is 6.42 Å². The van der Waals surface area contributed by atoms with Crippen LogP contribution in [0.1, 0.15) is 11.1 Å². The summed E-state index contributed by atoms with van der Waals surface area (Å²) in [6, 6.07) is 18.7. The third kappa shape index (κ3) is 2.50. The number of nitrogens with zero attached hydrogens (tertiary/aromatic N) is 3. The Morgan fingerprint density at radius 3 is 2.75 bits per heavy atom. The minimum absolute atomic E-state index is 0.563. The molecule has 2 aliphatic heterocycles. The third-order valence-electron chi connectivity index (χ3n) is 5.20. The summed E-state index contributed by atoms with van der Waals surface area (Å²) in [6.07, 6.45) is 4.09. The molecule has 5 nitrogen and oxygen atoms in total. The molecule has 28 heavy (non-hydrogen) atoms. The molecule has 0 amide bonds. The predicted molar refractivity (Wildman–Crippen MR) is 109 cm³/mol. The second kappa shape index (κ2) is 6.00. The lowest BCUT2D eigenvalue weighted by Crippen LogP contribution is -2.34. The van der Waals surface area contributed by atoms with Gasteiger partial charge in [0.25, 0.3) is 0 Å². The number of pyridine rings is 1. The Kier molecular flexibility index (Phi) is 3.33. The Bertz CT molecular complexity index is 1150. The Balaban J connectivity index is 1.36. The van der Waals surface area contributed by atoms with Gasteiger partial charge in [-0.25, -0.2) is 15.0 Å². The van der Waals surface area contributed by atoms with Gasteiger partial charge in [0.05, 0.1) is 15.2 Å². The van der Waals surface area contributed by atoms with Crippen molar-refractivity contribution in [3.8, 4) is 34.5 Å². The van der Waals surface area contributed by atoms with Gasteiger partial charge in [-0.1, -0.05) is 36.4 Å². The number of rotatable bonds is 1. The van der Waals surface area contributed by atoms with Crippen LogP contribution in [0.4, 0.5) is 0 Å². The van der Waals surface area contributed by atoms with Crippen LogP contribution in [0.15, 0.2) is 67.1 Å². The van der Waals surface area contributed by atoms with E-state index >= 15 is 0 Å². The summed E-state index contributed by atoms with van der Waals surface area (Å²) in [7, 11) is -0.563. The molecule has 0 N–H and O–H groups in total. The van der Waals surface area contributed by atoms with Crippen molar-refractivity contribution in [2.24, 2.45) is 0 Å². The maximum absolute atomic E-state index is 6.07. The van der Waals surface area contributed by atoms with E-state index < -0.39 is 9.52 Å². The fourth-order valence-electron chi connectivity index (χ4n) is 3.74. The number of hydrogen-bond donors (Lipinski definition) is 0. The molecule has 0 bridgehead atoms. The lowest BCUT2D eigenvalue weighted by Gasteiger charge is -2.21. The topological polar surface area (TPSA) is 57.1 Å². The molecular formula is C22H15N3O2Si. The van der Waals surface area contributed by atoms with E-state index in [0.29, 0.717) is 5.88 Å². The largest absolute Gasteiger partial charge is 0.439 e. The maximum Gasteiger partial charge on any atom is 0.225 e. The molecule has 0 radical (unpaired) electrons. The second-order valence-electron chi connectivity index (χ2n) is 7.00. The zero-order chi connectivity index (χ0) is 18.5. The standard InChI is InChI=1S/C22H15N3O2Si/c1-2-4-19-17(3-1)26-22-20(28-19)8-7-16(25-22)13-5-6-14-9-15-11-23-12-24-21(15)27-18(14)10-13/h1-8,10-12H,9,28H2. The van der Waals surface area contributed by atoms with Crippen molar-refractivity contribution in [3.63, 3.8) is 0 Å². The van der Waals surface area contributed by atoms with E-state index in [1.54, 1.807) is 0 Å². The zero-order valence-corrected chi connectivity index (χ0v) is 16.3. The smallest absolute Gasteiger partial charge is 0.225 e. The number of hydrogen-bond acceptors (Lipinski definition) is 5. The fourth-order valence-corrected chi connectivity index (χ4v) is 5.30. The average Bonchev–Trinajstić information content (AvgIpc) is 2.75. The molecule has 4 aromatic rings. The summed E-state index contributed by atoms with van der Waals surface area (Å²) in [5, 5.41) is 2.56. The molecule has 2 aliphatic rings. The van der Waals surface area contributed by atoms with Crippen molar-refractivity contribution < 1.29 is 9.47 Å². The summed E-state index contributed by atoms with van der Waals surface area (Å²) < 4.78 is 12.1. The highest BCUT2D eigenvalue weighted by atomic mass is 28.2. The van der Waals surface area contributed by atoms with Gasteiger partial charge in [0.15, 0.2) is 0 Å². The van der Waals surface area contributed by atoms with Gasteiger partial charge in [-0.2, -0.15) is 0 Å². The molecule has 0 unspecified atom stereocenters. The Labute approximate surface area is 163 Å². The van der Waals surface area contributed by atoms with Crippen LogP contribution >= 0.6 is 0 Å². The normalized spacial score (nSPS) is 14.1. The van der Waals surface area contributed by atoms with Crippen LogP contribution in [0.5, 0.6) is 23.3 Å². The first-order chi connectivity index (χ1) is 13.8. The lowest BCUT2D eigenvalue weighted by atomic mass is 10.0. The van der Waals surface area contributed by atoms with Crippen LogP contribution < -0.4 is 19.8 Å². The van der Waals surface area contributed by atoms with Gasteiger partial charge in [-0.05, 0) is 34.1 Å². The molecule has 2 aromatic heterocycles. The first kappa shape index (κ1) is 15.5. The van der Waals surface area contributed by atoms with E-state index in [2.05, 4.69) is 46.4 Å². The van der Waals surface area contributed by atoms with Crippen LogP contribution in [0, 0.1) is 0 Å². The van der Waals surface area contributed by atoms with Crippen LogP contribution in [-0.2, 0) is 6.42 Å². The molecule has 0 atom stereocenters. The van der Waals surface area contributed by atoms with Gasteiger partial charge in [-0.3, -0.25) is 0 Å². The Hall–Kier alpha value is -3.51. The third-order valence-corrected chi connectivity index (χ3v) is 7.08. The first-order valence-electron chi connectivity index (χ1n) is 9.19. The number of benzene rings is 2. The SMILES string of the molecule is c1ccc2c(c1)Oc1nc(-c3ccc4c(c3)Oc3ncncc3C4)ccc1[SiH2]2. The van der Waals surface area contributed by atoms with Crippen molar-refractivity contribution in [1.29, 1.82) is 0 Å². The van der Waals surface area contributed by atoms with E-state index in [1.807, 2.05) is 24.4 Å².